The number of aromatic amines is 1. The fraction of sp³-hybridized carbons (Fsp3) is 0.222. The van der Waals surface area contributed by atoms with Crippen molar-refractivity contribution in [3.8, 4) is 17.9 Å². The molecule has 14 heavy (non-hydrogen) atoms. The summed E-state index contributed by atoms with van der Waals surface area (Å²) in [6, 6.07) is 1.86. The van der Waals surface area contributed by atoms with Crippen LogP contribution < -0.4 is 0 Å². The van der Waals surface area contributed by atoms with Gasteiger partial charge in [-0.25, -0.2) is 4.79 Å². The highest BCUT2D eigenvalue weighted by Gasteiger charge is 2.00. The van der Waals surface area contributed by atoms with Gasteiger partial charge in [0.05, 0.1) is 18.4 Å². The van der Waals surface area contributed by atoms with Crippen molar-refractivity contribution >= 4 is 5.97 Å². The smallest absolute Gasteiger partial charge is 0.384 e. The predicted molar refractivity (Wildman–Crippen MR) is 46.8 cm³/mol. The topological polar surface area (TPSA) is 78.8 Å². The molecule has 1 aromatic heterocycles. The predicted octanol–water partition coefficient (Wildman–Crippen LogP) is 0.196. The second-order valence-corrected chi connectivity index (χ2v) is 2.24. The Morgan fingerprint density at radius 3 is 3.21 bits per heavy atom. The van der Waals surface area contributed by atoms with E-state index in [4.69, 9.17) is 5.26 Å². The first-order valence-corrected chi connectivity index (χ1v) is 3.90. The third-order valence-electron chi connectivity index (χ3n) is 1.33. The summed E-state index contributed by atoms with van der Waals surface area (Å²) in [4.78, 5) is 10.8. The normalized spacial score (nSPS) is 8.29. The molecule has 1 heterocycles. The number of carbonyl (C=O) groups is 1. The maximum absolute atomic E-state index is 10.8. The fourth-order valence-electron chi connectivity index (χ4n) is 0.752. The van der Waals surface area contributed by atoms with Gasteiger partial charge in [-0.15, -0.1) is 0 Å². The summed E-state index contributed by atoms with van der Waals surface area (Å²) in [6.07, 6.45) is 1.38. The summed E-state index contributed by atoms with van der Waals surface area (Å²) < 4.78 is 4.59. The molecule has 1 rings (SSSR count). The highest BCUT2D eigenvalue weighted by Crippen LogP contribution is 1.99. The molecule has 0 aromatic carbocycles. The molecule has 0 amide bonds. The first kappa shape index (κ1) is 9.82. The molecule has 0 aliphatic carbocycles. The van der Waals surface area contributed by atoms with E-state index in [0.717, 1.165) is 0 Å². The van der Waals surface area contributed by atoms with Crippen molar-refractivity contribution in [2.24, 2.45) is 0 Å². The molecule has 1 N–H and O–H groups in total. The summed E-state index contributed by atoms with van der Waals surface area (Å²) in [5, 5.41) is 14.6. The van der Waals surface area contributed by atoms with Gasteiger partial charge in [0.1, 0.15) is 6.07 Å². The molecule has 0 aliphatic heterocycles. The van der Waals surface area contributed by atoms with Gasteiger partial charge in [-0.1, -0.05) is 5.92 Å². The van der Waals surface area contributed by atoms with Crippen LogP contribution in [0.1, 0.15) is 18.2 Å². The minimum absolute atomic E-state index is 0.238. The summed E-state index contributed by atoms with van der Waals surface area (Å²) in [7, 11) is 0. The van der Waals surface area contributed by atoms with Gasteiger partial charge in [0.2, 0.25) is 0 Å². The highest BCUT2D eigenvalue weighted by molar-refractivity contribution is 5.89. The van der Waals surface area contributed by atoms with Crippen LogP contribution in [0.5, 0.6) is 0 Å². The first-order chi connectivity index (χ1) is 6.77. The molecule has 0 aliphatic rings. The third kappa shape index (κ3) is 2.36. The van der Waals surface area contributed by atoms with Gasteiger partial charge in [-0.3, -0.25) is 5.10 Å². The fourth-order valence-corrected chi connectivity index (χ4v) is 0.752. The number of nitriles is 1. The molecule has 0 spiro atoms. The Bertz CT molecular complexity index is 431. The zero-order chi connectivity index (χ0) is 10.4. The quantitative estimate of drug-likeness (QED) is 0.505. The molecule has 0 saturated carbocycles. The van der Waals surface area contributed by atoms with Gasteiger partial charge in [-0.2, -0.15) is 10.4 Å². The van der Waals surface area contributed by atoms with Crippen LogP contribution in [-0.4, -0.2) is 22.8 Å². The molecule has 70 valence electrons. The average molecular weight is 189 g/mol. The molecular weight excluding hydrogens is 182 g/mol. The van der Waals surface area contributed by atoms with E-state index in [-0.39, 0.29) is 12.3 Å². The lowest BCUT2D eigenvalue weighted by atomic mass is 10.3. The largest absolute Gasteiger partial charge is 0.456 e. The molecule has 0 fully saturated rings. The minimum atomic E-state index is -0.613. The lowest BCUT2D eigenvalue weighted by Crippen LogP contribution is -1.99. The van der Waals surface area contributed by atoms with Gasteiger partial charge in [0.25, 0.3) is 0 Å². The van der Waals surface area contributed by atoms with E-state index in [1.165, 1.54) is 6.20 Å². The summed E-state index contributed by atoms with van der Waals surface area (Å²) >= 11 is 0. The number of hydrogen-bond acceptors (Lipinski definition) is 4. The van der Waals surface area contributed by atoms with Crippen LogP contribution in [0, 0.1) is 23.2 Å². The van der Waals surface area contributed by atoms with E-state index in [9.17, 15) is 4.79 Å². The summed E-state index contributed by atoms with van der Waals surface area (Å²) in [6.45, 7) is 1.97. The Kier molecular flexibility index (Phi) is 3.28. The molecule has 5 nitrogen and oxygen atoms in total. The number of H-pyrrole nitrogens is 1. The number of carbonyl (C=O) groups excluding carboxylic acids is 1. The second-order valence-electron chi connectivity index (χ2n) is 2.24. The number of esters is 1. The van der Waals surface area contributed by atoms with Gasteiger partial charge >= 0.3 is 5.97 Å². The van der Waals surface area contributed by atoms with Crippen LogP contribution in [0.15, 0.2) is 6.20 Å². The number of ether oxygens (including phenoxy) is 1. The van der Waals surface area contributed by atoms with Crippen molar-refractivity contribution < 1.29 is 9.53 Å². The van der Waals surface area contributed by atoms with Gasteiger partial charge in [0.15, 0.2) is 5.69 Å². The molecule has 0 atom stereocenters. The maximum Gasteiger partial charge on any atom is 0.384 e. The molecular formula is C9H7N3O2. The lowest BCUT2D eigenvalue weighted by molar-refractivity contribution is -0.136. The Hall–Kier alpha value is -2.27. The van der Waals surface area contributed by atoms with Crippen molar-refractivity contribution in [1.29, 1.82) is 5.26 Å². The zero-order valence-electron chi connectivity index (χ0n) is 7.50. The number of rotatable bonds is 1. The monoisotopic (exact) mass is 189 g/mol. The minimum Gasteiger partial charge on any atom is -0.456 e. The standard InChI is InChI=1S/C9H7N3O2/c1-2-14-9(13)4-3-7-6-11-12-8(7)5-10/h6H,2H2,1H3,(H,11,12). The average Bonchev–Trinajstić information content (AvgIpc) is 2.62. The van der Waals surface area contributed by atoms with Crippen molar-refractivity contribution in [2.45, 2.75) is 6.92 Å². The summed E-state index contributed by atoms with van der Waals surface area (Å²) in [5.74, 6) is 4.11. The van der Waals surface area contributed by atoms with Crippen LogP contribution in [0.4, 0.5) is 0 Å². The SMILES string of the molecule is CCOC(=O)C#Cc1cn[nH]c1C#N. The van der Waals surface area contributed by atoms with Crippen molar-refractivity contribution in [1.82, 2.24) is 10.2 Å². The van der Waals surface area contributed by atoms with Gasteiger partial charge in [-0.05, 0) is 6.92 Å². The van der Waals surface area contributed by atoms with E-state index in [1.54, 1.807) is 6.92 Å². The van der Waals surface area contributed by atoms with Crippen molar-refractivity contribution in [3.63, 3.8) is 0 Å². The first-order valence-electron chi connectivity index (χ1n) is 3.90. The Morgan fingerprint density at radius 1 is 1.79 bits per heavy atom. The number of nitrogens with one attached hydrogen (secondary N) is 1. The van der Waals surface area contributed by atoms with Crippen LogP contribution >= 0.6 is 0 Å². The number of aromatic nitrogens is 2. The lowest BCUT2D eigenvalue weighted by Gasteiger charge is -1.90. The number of hydrogen-bond donors (Lipinski definition) is 1. The van der Waals surface area contributed by atoms with E-state index >= 15 is 0 Å². The summed E-state index contributed by atoms with van der Waals surface area (Å²) in [5.41, 5.74) is 0.627. The van der Waals surface area contributed by atoms with E-state index in [0.29, 0.717) is 5.56 Å². The van der Waals surface area contributed by atoms with E-state index in [2.05, 4.69) is 26.8 Å². The molecule has 1 aromatic rings. The van der Waals surface area contributed by atoms with E-state index < -0.39 is 5.97 Å². The highest BCUT2D eigenvalue weighted by atomic mass is 16.5. The molecule has 0 bridgehead atoms. The second kappa shape index (κ2) is 4.68. The van der Waals surface area contributed by atoms with E-state index in [1.807, 2.05) is 6.07 Å². The van der Waals surface area contributed by atoms with Crippen molar-refractivity contribution in [2.75, 3.05) is 6.61 Å². The molecule has 0 unspecified atom stereocenters. The molecule has 0 saturated heterocycles. The third-order valence-corrected chi connectivity index (χ3v) is 1.33. The van der Waals surface area contributed by atoms with Crippen LogP contribution in [-0.2, 0) is 9.53 Å². The number of nitrogens with zero attached hydrogens (tertiary/aromatic N) is 2. The Balaban J connectivity index is 2.78. The molecule has 5 heteroatoms. The van der Waals surface area contributed by atoms with Gasteiger partial charge < -0.3 is 4.74 Å². The Labute approximate surface area is 80.7 Å². The van der Waals surface area contributed by atoms with Crippen LogP contribution in [0.25, 0.3) is 0 Å². The van der Waals surface area contributed by atoms with Crippen LogP contribution in [0.2, 0.25) is 0 Å². The zero-order valence-corrected chi connectivity index (χ0v) is 7.50. The molecule has 0 radical (unpaired) electrons. The van der Waals surface area contributed by atoms with Gasteiger partial charge in [0, 0.05) is 5.92 Å². The van der Waals surface area contributed by atoms with Crippen LogP contribution in [0.3, 0.4) is 0 Å². The maximum atomic E-state index is 10.8. The Morgan fingerprint density at radius 2 is 2.57 bits per heavy atom. The van der Waals surface area contributed by atoms with Crippen molar-refractivity contribution in [3.05, 3.63) is 17.5 Å².